The van der Waals surface area contributed by atoms with Crippen LogP contribution in [0.2, 0.25) is 10.0 Å². The summed E-state index contributed by atoms with van der Waals surface area (Å²) in [6.07, 6.45) is 0. The molecule has 10 heteroatoms. The zero-order chi connectivity index (χ0) is 30.7. The summed E-state index contributed by atoms with van der Waals surface area (Å²) in [6.45, 7) is 12.1. The molecule has 3 aromatic rings. The lowest BCUT2D eigenvalue weighted by atomic mass is 10.1. The Bertz CT molecular complexity index is 1530. The summed E-state index contributed by atoms with van der Waals surface area (Å²) in [6, 6.07) is 15.7. The van der Waals surface area contributed by atoms with Crippen molar-refractivity contribution >= 4 is 50.7 Å². The normalized spacial score (nSPS) is 12.5. The molecule has 0 aliphatic rings. The van der Waals surface area contributed by atoms with Gasteiger partial charge in [-0.05, 0) is 95.5 Å². The molecule has 0 heterocycles. The van der Waals surface area contributed by atoms with Crippen molar-refractivity contribution in [1.82, 2.24) is 10.2 Å². The standard InChI is InChI=1S/C31H37Cl2N3O4S/c1-20-11-15-26(16-12-20)41(39,40)36(28-10-8-9-21(2)22(28)3)19-29(37)35(23(4)30(38)34-31(5,6)7)18-24-13-14-25(32)17-27(24)33/h8-17,23H,18-19H2,1-7H3,(H,34,38). The minimum Gasteiger partial charge on any atom is -0.350 e. The van der Waals surface area contributed by atoms with Crippen LogP contribution in [0.1, 0.15) is 49.9 Å². The van der Waals surface area contributed by atoms with Gasteiger partial charge in [0.25, 0.3) is 10.0 Å². The molecule has 0 radical (unpaired) electrons. The van der Waals surface area contributed by atoms with Gasteiger partial charge in [-0.3, -0.25) is 13.9 Å². The summed E-state index contributed by atoms with van der Waals surface area (Å²) in [5, 5.41) is 3.67. The van der Waals surface area contributed by atoms with E-state index >= 15 is 0 Å². The fourth-order valence-corrected chi connectivity index (χ4v) is 6.19. The first-order valence-corrected chi connectivity index (χ1v) is 15.4. The van der Waals surface area contributed by atoms with Crippen molar-refractivity contribution in [3.63, 3.8) is 0 Å². The second-order valence-corrected chi connectivity index (χ2v) is 13.9. The molecule has 0 aliphatic carbocycles. The van der Waals surface area contributed by atoms with Gasteiger partial charge in [0.1, 0.15) is 12.6 Å². The van der Waals surface area contributed by atoms with E-state index in [1.54, 1.807) is 49.4 Å². The van der Waals surface area contributed by atoms with Gasteiger partial charge in [0.15, 0.2) is 0 Å². The third-order valence-electron chi connectivity index (χ3n) is 6.75. The molecule has 0 aromatic heterocycles. The Morgan fingerprint density at radius 1 is 0.951 bits per heavy atom. The molecule has 3 aromatic carbocycles. The van der Waals surface area contributed by atoms with Crippen molar-refractivity contribution in [2.75, 3.05) is 10.8 Å². The Labute approximate surface area is 253 Å². The van der Waals surface area contributed by atoms with Crippen LogP contribution in [0, 0.1) is 20.8 Å². The summed E-state index contributed by atoms with van der Waals surface area (Å²) in [7, 11) is -4.16. The van der Waals surface area contributed by atoms with Crippen LogP contribution in [-0.2, 0) is 26.2 Å². The fraction of sp³-hybridized carbons (Fsp3) is 0.355. The van der Waals surface area contributed by atoms with Crippen LogP contribution >= 0.6 is 23.2 Å². The monoisotopic (exact) mass is 617 g/mol. The van der Waals surface area contributed by atoms with Crippen LogP contribution in [0.3, 0.4) is 0 Å². The summed E-state index contributed by atoms with van der Waals surface area (Å²) in [5.74, 6) is -0.945. The average Bonchev–Trinajstić information content (AvgIpc) is 2.87. The number of amides is 2. The number of rotatable bonds is 9. The molecule has 0 spiro atoms. The molecule has 7 nitrogen and oxygen atoms in total. The predicted octanol–water partition coefficient (Wildman–Crippen LogP) is 6.45. The molecule has 2 amide bonds. The highest BCUT2D eigenvalue weighted by Crippen LogP contribution is 2.30. The number of carbonyl (C=O) groups excluding carboxylic acids is 2. The van der Waals surface area contributed by atoms with Gasteiger partial charge in [-0.15, -0.1) is 0 Å². The maximum Gasteiger partial charge on any atom is 0.264 e. The van der Waals surface area contributed by atoms with E-state index in [-0.39, 0.29) is 17.3 Å². The number of anilines is 1. The van der Waals surface area contributed by atoms with Gasteiger partial charge < -0.3 is 10.2 Å². The van der Waals surface area contributed by atoms with Crippen LogP contribution < -0.4 is 9.62 Å². The number of halogens is 2. The third kappa shape index (κ3) is 8.03. The van der Waals surface area contributed by atoms with Crippen LogP contribution in [0.4, 0.5) is 5.69 Å². The zero-order valence-electron chi connectivity index (χ0n) is 24.5. The Morgan fingerprint density at radius 2 is 1.59 bits per heavy atom. The Balaban J connectivity index is 2.10. The molecule has 3 rings (SSSR count). The maximum atomic E-state index is 14.1. The second kappa shape index (κ2) is 12.8. The molecule has 0 aliphatic heterocycles. The van der Waals surface area contributed by atoms with E-state index in [2.05, 4.69) is 5.32 Å². The Morgan fingerprint density at radius 3 is 2.17 bits per heavy atom. The number of nitrogens with one attached hydrogen (secondary N) is 1. The summed E-state index contributed by atoms with van der Waals surface area (Å²) in [4.78, 5) is 28.8. The van der Waals surface area contributed by atoms with E-state index in [1.165, 1.54) is 17.0 Å². The highest BCUT2D eigenvalue weighted by molar-refractivity contribution is 7.92. The second-order valence-electron chi connectivity index (χ2n) is 11.2. The SMILES string of the molecule is Cc1ccc(S(=O)(=O)N(CC(=O)N(Cc2ccc(Cl)cc2Cl)C(C)C(=O)NC(C)(C)C)c2cccc(C)c2C)cc1. The molecule has 0 saturated carbocycles. The van der Waals surface area contributed by atoms with E-state index in [1.807, 2.05) is 47.6 Å². The van der Waals surface area contributed by atoms with Gasteiger partial charge in [-0.25, -0.2) is 8.42 Å². The van der Waals surface area contributed by atoms with Gasteiger partial charge in [-0.2, -0.15) is 0 Å². The smallest absolute Gasteiger partial charge is 0.264 e. The number of nitrogens with zero attached hydrogens (tertiary/aromatic N) is 2. The molecule has 220 valence electrons. The number of sulfonamides is 1. The van der Waals surface area contributed by atoms with E-state index in [4.69, 9.17) is 23.2 Å². The summed E-state index contributed by atoms with van der Waals surface area (Å²) in [5.41, 5.74) is 2.92. The lowest BCUT2D eigenvalue weighted by Gasteiger charge is -2.34. The predicted molar refractivity (Wildman–Crippen MR) is 166 cm³/mol. The molecule has 0 fully saturated rings. The van der Waals surface area contributed by atoms with Crippen LogP contribution in [-0.4, -0.2) is 43.3 Å². The minimum atomic E-state index is -4.16. The highest BCUT2D eigenvalue weighted by atomic mass is 35.5. The quantitative estimate of drug-likeness (QED) is 0.299. The first-order chi connectivity index (χ1) is 19.0. The maximum absolute atomic E-state index is 14.1. The van der Waals surface area contributed by atoms with E-state index in [0.29, 0.717) is 21.3 Å². The van der Waals surface area contributed by atoms with Gasteiger partial charge in [0.05, 0.1) is 10.6 Å². The van der Waals surface area contributed by atoms with Crippen molar-refractivity contribution in [2.45, 2.75) is 71.5 Å². The minimum absolute atomic E-state index is 0.0290. The largest absolute Gasteiger partial charge is 0.350 e. The molecule has 1 unspecified atom stereocenters. The average molecular weight is 619 g/mol. The number of hydrogen-bond acceptors (Lipinski definition) is 4. The molecule has 0 saturated heterocycles. The fourth-order valence-electron chi connectivity index (χ4n) is 4.25. The van der Waals surface area contributed by atoms with Gasteiger partial charge in [0, 0.05) is 22.1 Å². The Kier molecular flexibility index (Phi) is 10.2. The molecular weight excluding hydrogens is 581 g/mol. The van der Waals surface area contributed by atoms with E-state index < -0.39 is 34.1 Å². The van der Waals surface area contributed by atoms with Crippen molar-refractivity contribution in [3.8, 4) is 0 Å². The first-order valence-electron chi connectivity index (χ1n) is 13.2. The van der Waals surface area contributed by atoms with Crippen molar-refractivity contribution in [1.29, 1.82) is 0 Å². The third-order valence-corrected chi connectivity index (χ3v) is 9.11. The Hall–Kier alpha value is -3.07. The summed E-state index contributed by atoms with van der Waals surface area (Å²) >= 11 is 12.5. The van der Waals surface area contributed by atoms with Crippen LogP contribution in [0.15, 0.2) is 65.6 Å². The molecule has 1 N–H and O–H groups in total. The topological polar surface area (TPSA) is 86.8 Å². The van der Waals surface area contributed by atoms with Gasteiger partial charge in [-0.1, -0.05) is 59.1 Å². The molecule has 41 heavy (non-hydrogen) atoms. The van der Waals surface area contributed by atoms with Gasteiger partial charge >= 0.3 is 0 Å². The van der Waals surface area contributed by atoms with Crippen LogP contribution in [0.5, 0.6) is 0 Å². The lowest BCUT2D eigenvalue weighted by molar-refractivity contribution is -0.140. The van der Waals surface area contributed by atoms with Crippen LogP contribution in [0.25, 0.3) is 0 Å². The number of aryl methyl sites for hydroxylation is 2. The zero-order valence-corrected chi connectivity index (χ0v) is 26.8. The van der Waals surface area contributed by atoms with Gasteiger partial charge in [0.2, 0.25) is 11.8 Å². The molecule has 0 bridgehead atoms. The number of carbonyl (C=O) groups is 2. The number of hydrogen-bond donors (Lipinski definition) is 1. The van der Waals surface area contributed by atoms with Crippen molar-refractivity contribution in [3.05, 3.63) is 93.0 Å². The molecule has 1 atom stereocenters. The van der Waals surface area contributed by atoms with E-state index in [0.717, 1.165) is 21.0 Å². The first kappa shape index (κ1) is 32.4. The highest BCUT2D eigenvalue weighted by Gasteiger charge is 2.34. The van der Waals surface area contributed by atoms with Crippen molar-refractivity contribution < 1.29 is 18.0 Å². The van der Waals surface area contributed by atoms with E-state index in [9.17, 15) is 18.0 Å². The lowest BCUT2D eigenvalue weighted by Crippen LogP contribution is -2.54. The van der Waals surface area contributed by atoms with Crippen molar-refractivity contribution in [2.24, 2.45) is 0 Å². The molecular formula is C31H37Cl2N3O4S. The number of benzene rings is 3. The summed E-state index contributed by atoms with van der Waals surface area (Å²) < 4.78 is 29.2.